The van der Waals surface area contributed by atoms with Crippen LogP contribution in [0.15, 0.2) is 42.5 Å². The van der Waals surface area contributed by atoms with E-state index in [0.717, 1.165) is 5.57 Å². The molecule has 1 aliphatic heterocycles. The smallest absolute Gasteiger partial charge is 0.328 e. The molecule has 0 aromatic heterocycles. The highest BCUT2D eigenvalue weighted by molar-refractivity contribution is 5.97. The first-order valence-electron chi connectivity index (χ1n) is 7.67. The highest BCUT2D eigenvalue weighted by Gasteiger charge is 2.49. The molecule has 1 saturated heterocycles. The normalized spacial score (nSPS) is 22.9. The fraction of sp³-hybridized carbons (Fsp3) is 0.389. The van der Waals surface area contributed by atoms with Gasteiger partial charge in [0.25, 0.3) is 5.91 Å². The van der Waals surface area contributed by atoms with Crippen molar-refractivity contribution < 1.29 is 24.2 Å². The Balaban J connectivity index is 2.41. The summed E-state index contributed by atoms with van der Waals surface area (Å²) >= 11 is 0. The van der Waals surface area contributed by atoms with Gasteiger partial charge in [0, 0.05) is 23.9 Å². The number of hydrogen-bond acceptors (Lipinski definition) is 4. The van der Waals surface area contributed by atoms with Crippen LogP contribution in [0.5, 0.6) is 0 Å². The van der Waals surface area contributed by atoms with Gasteiger partial charge in [-0.15, -0.1) is 0 Å². The van der Waals surface area contributed by atoms with Crippen molar-refractivity contribution in [1.82, 2.24) is 4.90 Å². The van der Waals surface area contributed by atoms with Gasteiger partial charge in [-0.3, -0.25) is 9.59 Å². The number of hydrogen-bond donors (Lipinski definition) is 1. The average Bonchev–Trinajstić information content (AvgIpc) is 2.93. The molecule has 2 rings (SSSR count). The zero-order valence-corrected chi connectivity index (χ0v) is 13.8. The van der Waals surface area contributed by atoms with E-state index >= 15 is 0 Å². The number of likely N-dealkylation sites (tertiary alicyclic amines) is 1. The van der Waals surface area contributed by atoms with E-state index in [9.17, 15) is 19.5 Å². The summed E-state index contributed by atoms with van der Waals surface area (Å²) < 4.78 is 4.83. The molecule has 1 amide bonds. The number of aliphatic carboxylic acids is 1. The molecular weight excluding hydrogens is 310 g/mol. The van der Waals surface area contributed by atoms with Gasteiger partial charge in [0.15, 0.2) is 0 Å². The van der Waals surface area contributed by atoms with Gasteiger partial charge in [-0.25, -0.2) is 4.79 Å². The SMILES string of the molecule is C=C(C)[C@H]1CN(C(=O)c2ccccc2)[C@H](C(=O)OC)[C@H]1CC(=O)O. The standard InChI is InChI=1S/C18H21NO5/c1-11(2)14-10-19(17(22)12-7-5-4-6-8-12)16(18(23)24-3)13(14)9-15(20)21/h4-8,13-14,16H,1,9-10H2,2-3H3,(H,20,21)/t13-,14+,16-/m0/s1. The summed E-state index contributed by atoms with van der Waals surface area (Å²) in [5.74, 6) is -2.76. The number of rotatable bonds is 5. The zero-order chi connectivity index (χ0) is 17.9. The van der Waals surface area contributed by atoms with Gasteiger partial charge >= 0.3 is 11.9 Å². The molecular formula is C18H21NO5. The van der Waals surface area contributed by atoms with Crippen LogP contribution < -0.4 is 0 Å². The fourth-order valence-corrected chi connectivity index (χ4v) is 3.27. The first-order chi connectivity index (χ1) is 11.4. The average molecular weight is 331 g/mol. The van der Waals surface area contributed by atoms with Gasteiger partial charge in [0.1, 0.15) is 6.04 Å². The summed E-state index contributed by atoms with van der Waals surface area (Å²) in [5.41, 5.74) is 1.20. The topological polar surface area (TPSA) is 83.9 Å². The number of nitrogens with zero attached hydrogens (tertiary/aromatic N) is 1. The quantitative estimate of drug-likeness (QED) is 0.659. The van der Waals surface area contributed by atoms with Crippen molar-refractivity contribution in [2.24, 2.45) is 11.8 Å². The number of carbonyl (C=O) groups excluding carboxylic acids is 2. The third kappa shape index (κ3) is 3.48. The lowest BCUT2D eigenvalue weighted by Crippen LogP contribution is -2.44. The fourth-order valence-electron chi connectivity index (χ4n) is 3.27. The predicted octanol–water partition coefficient (Wildman–Crippen LogP) is 1.97. The number of carbonyl (C=O) groups is 3. The lowest BCUT2D eigenvalue weighted by atomic mass is 9.84. The number of esters is 1. The van der Waals surface area contributed by atoms with Gasteiger partial charge in [0.2, 0.25) is 0 Å². The van der Waals surface area contributed by atoms with Crippen LogP contribution in [0.1, 0.15) is 23.7 Å². The van der Waals surface area contributed by atoms with E-state index in [1.54, 1.807) is 37.3 Å². The maximum Gasteiger partial charge on any atom is 0.328 e. The van der Waals surface area contributed by atoms with Crippen molar-refractivity contribution in [1.29, 1.82) is 0 Å². The summed E-state index contributed by atoms with van der Waals surface area (Å²) in [6, 6.07) is 7.67. The molecule has 0 radical (unpaired) electrons. The van der Waals surface area contributed by atoms with E-state index in [2.05, 4.69) is 6.58 Å². The monoisotopic (exact) mass is 331 g/mol. The Morgan fingerprint density at radius 3 is 2.42 bits per heavy atom. The minimum atomic E-state index is -1.02. The number of methoxy groups -OCH3 is 1. The van der Waals surface area contributed by atoms with E-state index in [0.29, 0.717) is 5.56 Å². The van der Waals surface area contributed by atoms with Crippen molar-refractivity contribution in [3.05, 3.63) is 48.0 Å². The molecule has 128 valence electrons. The molecule has 1 fully saturated rings. The molecule has 0 spiro atoms. The Labute approximate surface area is 140 Å². The summed E-state index contributed by atoms with van der Waals surface area (Å²) in [6.45, 7) is 5.93. The zero-order valence-electron chi connectivity index (χ0n) is 13.8. The van der Waals surface area contributed by atoms with E-state index in [-0.39, 0.29) is 24.8 Å². The Morgan fingerprint density at radius 1 is 1.29 bits per heavy atom. The van der Waals surface area contributed by atoms with Crippen LogP contribution in [0.25, 0.3) is 0 Å². The van der Waals surface area contributed by atoms with Crippen molar-refractivity contribution in [2.45, 2.75) is 19.4 Å². The van der Waals surface area contributed by atoms with Gasteiger partial charge in [-0.2, -0.15) is 0 Å². The van der Waals surface area contributed by atoms with Crippen LogP contribution in [-0.4, -0.2) is 47.5 Å². The van der Waals surface area contributed by atoms with Crippen molar-refractivity contribution in [2.75, 3.05) is 13.7 Å². The number of carboxylic acids is 1. The minimum Gasteiger partial charge on any atom is -0.481 e. The summed E-state index contributed by atoms with van der Waals surface area (Å²) in [4.78, 5) is 37.8. The maximum atomic E-state index is 12.8. The van der Waals surface area contributed by atoms with Crippen LogP contribution in [0.3, 0.4) is 0 Å². The maximum absolute atomic E-state index is 12.8. The first-order valence-corrected chi connectivity index (χ1v) is 7.67. The Kier molecular flexibility index (Phi) is 5.39. The largest absolute Gasteiger partial charge is 0.481 e. The van der Waals surface area contributed by atoms with Crippen LogP contribution in [0.4, 0.5) is 0 Å². The molecule has 1 aromatic carbocycles. The third-order valence-corrected chi connectivity index (χ3v) is 4.42. The lowest BCUT2D eigenvalue weighted by Gasteiger charge is -2.25. The number of benzene rings is 1. The summed E-state index contributed by atoms with van der Waals surface area (Å²) in [7, 11) is 1.24. The van der Waals surface area contributed by atoms with E-state index in [1.165, 1.54) is 12.0 Å². The number of amides is 1. The molecule has 1 N–H and O–H groups in total. The number of carboxylic acid groups (broad SMARTS) is 1. The minimum absolute atomic E-state index is 0.226. The molecule has 6 nitrogen and oxygen atoms in total. The van der Waals surface area contributed by atoms with Gasteiger partial charge < -0.3 is 14.7 Å². The van der Waals surface area contributed by atoms with Crippen LogP contribution in [0.2, 0.25) is 0 Å². The molecule has 3 atom stereocenters. The molecule has 0 unspecified atom stereocenters. The third-order valence-electron chi connectivity index (χ3n) is 4.42. The predicted molar refractivity (Wildman–Crippen MR) is 87.3 cm³/mol. The molecule has 1 heterocycles. The molecule has 0 bridgehead atoms. The Morgan fingerprint density at radius 2 is 1.92 bits per heavy atom. The van der Waals surface area contributed by atoms with Crippen LogP contribution in [0, 0.1) is 11.8 Å². The molecule has 0 aliphatic carbocycles. The Bertz CT molecular complexity index is 655. The van der Waals surface area contributed by atoms with Crippen LogP contribution >= 0.6 is 0 Å². The Hall–Kier alpha value is -2.63. The van der Waals surface area contributed by atoms with E-state index in [4.69, 9.17) is 4.74 Å². The second kappa shape index (κ2) is 7.29. The van der Waals surface area contributed by atoms with Gasteiger partial charge in [-0.05, 0) is 19.1 Å². The number of ether oxygens (including phenoxy) is 1. The lowest BCUT2D eigenvalue weighted by molar-refractivity contribution is -0.147. The highest BCUT2D eigenvalue weighted by Crippen LogP contribution is 2.37. The molecule has 24 heavy (non-hydrogen) atoms. The summed E-state index contributed by atoms with van der Waals surface area (Å²) in [5, 5.41) is 9.20. The van der Waals surface area contributed by atoms with Crippen LogP contribution in [-0.2, 0) is 14.3 Å². The second-order valence-electron chi connectivity index (χ2n) is 6.01. The van der Waals surface area contributed by atoms with Crippen molar-refractivity contribution >= 4 is 17.8 Å². The summed E-state index contributed by atoms with van der Waals surface area (Å²) in [6.07, 6.45) is -0.226. The molecule has 6 heteroatoms. The van der Waals surface area contributed by atoms with Gasteiger partial charge in [0.05, 0.1) is 13.5 Å². The first kappa shape index (κ1) is 17.7. The van der Waals surface area contributed by atoms with Crippen molar-refractivity contribution in [3.8, 4) is 0 Å². The van der Waals surface area contributed by atoms with Gasteiger partial charge in [-0.1, -0.05) is 30.4 Å². The molecule has 0 saturated carbocycles. The van der Waals surface area contributed by atoms with E-state index in [1.807, 2.05) is 0 Å². The van der Waals surface area contributed by atoms with Crippen molar-refractivity contribution in [3.63, 3.8) is 0 Å². The second-order valence-corrected chi connectivity index (χ2v) is 6.01. The molecule has 1 aromatic rings. The highest BCUT2D eigenvalue weighted by atomic mass is 16.5. The molecule has 1 aliphatic rings. The van der Waals surface area contributed by atoms with E-state index < -0.39 is 23.9 Å².